The number of carbonyl (C=O) groups excluding carboxylic acids is 1. The molecule has 0 aromatic heterocycles. The topological polar surface area (TPSA) is 76.0 Å². The van der Waals surface area contributed by atoms with Crippen molar-refractivity contribution in [1.82, 2.24) is 0 Å². The molecule has 2 N–H and O–H groups in total. The number of ketones is 1. The molecule has 0 unspecified atom stereocenters. The van der Waals surface area contributed by atoms with Gasteiger partial charge in [0, 0.05) is 17.2 Å². The van der Waals surface area contributed by atoms with Crippen molar-refractivity contribution in [2.45, 2.75) is 53.1 Å². The highest BCUT2D eigenvalue weighted by molar-refractivity contribution is 6.00. The van der Waals surface area contributed by atoms with Gasteiger partial charge in [-0.05, 0) is 64.3 Å². The average molecular weight is 423 g/mol. The highest BCUT2D eigenvalue weighted by Gasteiger charge is 2.32. The zero-order chi connectivity index (χ0) is 22.7. The van der Waals surface area contributed by atoms with Crippen molar-refractivity contribution in [3.63, 3.8) is 0 Å². The first-order valence-electron chi connectivity index (χ1n) is 10.4. The van der Waals surface area contributed by atoms with Crippen LogP contribution in [0.1, 0.15) is 67.3 Å². The van der Waals surface area contributed by atoms with E-state index in [1.807, 2.05) is 39.8 Å². The summed E-state index contributed by atoms with van der Waals surface area (Å²) in [5, 5.41) is 21.1. The van der Waals surface area contributed by atoms with Crippen LogP contribution in [0.2, 0.25) is 0 Å². The molecule has 0 bridgehead atoms. The van der Waals surface area contributed by atoms with Crippen LogP contribution in [-0.2, 0) is 12.8 Å². The highest BCUT2D eigenvalue weighted by Crippen LogP contribution is 2.44. The van der Waals surface area contributed by atoms with E-state index in [-0.39, 0.29) is 23.7 Å². The van der Waals surface area contributed by atoms with Crippen molar-refractivity contribution < 1.29 is 24.5 Å². The lowest BCUT2D eigenvalue weighted by molar-refractivity contribution is 0.0844. The van der Waals surface area contributed by atoms with Crippen LogP contribution in [0.25, 0.3) is 0 Å². The van der Waals surface area contributed by atoms with Crippen LogP contribution >= 0.6 is 0 Å². The van der Waals surface area contributed by atoms with E-state index in [0.717, 1.165) is 11.1 Å². The summed E-state index contributed by atoms with van der Waals surface area (Å²) in [7, 11) is 1.57. The van der Waals surface area contributed by atoms with Crippen LogP contribution in [0.4, 0.5) is 0 Å². The lowest BCUT2D eigenvalue weighted by Crippen LogP contribution is -2.22. The van der Waals surface area contributed by atoms with Crippen molar-refractivity contribution in [3.8, 4) is 23.0 Å². The molecule has 5 nitrogen and oxygen atoms in total. The molecule has 1 atom stereocenters. The van der Waals surface area contributed by atoms with Gasteiger partial charge in [-0.25, -0.2) is 0 Å². The first kappa shape index (κ1) is 22.5. The number of hydrogen-bond acceptors (Lipinski definition) is 5. The van der Waals surface area contributed by atoms with Crippen LogP contribution in [0.5, 0.6) is 23.0 Å². The molecule has 2 aromatic rings. The molecule has 0 radical (unpaired) electrons. The maximum atomic E-state index is 12.9. The Hall–Kier alpha value is -3.21. The zero-order valence-electron chi connectivity index (χ0n) is 18.8. The van der Waals surface area contributed by atoms with Crippen LogP contribution < -0.4 is 9.47 Å². The van der Waals surface area contributed by atoms with Crippen LogP contribution in [0.15, 0.2) is 47.6 Å². The standard InChI is InChI=1S/C26H30O5/c1-15(2)6-8-17-12-20(23(29)13-24(17)30-5)25-14-22(28)19-10-11-21(27)18(26(19)31-25)9-7-16(3)4/h6-7,10-13,25,27,29H,8-9,14H2,1-5H3/t25-/m0/s1. The maximum absolute atomic E-state index is 12.9. The third-order valence-electron chi connectivity index (χ3n) is 5.39. The quantitative estimate of drug-likeness (QED) is 0.573. The Bertz CT molecular complexity index is 1050. The molecule has 0 aliphatic carbocycles. The number of carbonyl (C=O) groups is 1. The summed E-state index contributed by atoms with van der Waals surface area (Å²) in [6, 6.07) is 6.55. The molecule has 0 spiro atoms. The predicted molar refractivity (Wildman–Crippen MR) is 121 cm³/mol. The average Bonchev–Trinajstić information content (AvgIpc) is 2.71. The SMILES string of the molecule is COc1cc(O)c([C@@H]2CC(=O)c3ccc(O)c(CC=C(C)C)c3O2)cc1CC=C(C)C. The van der Waals surface area contributed by atoms with Crippen LogP contribution in [0.3, 0.4) is 0 Å². The van der Waals surface area contributed by atoms with Gasteiger partial charge in [0.05, 0.1) is 19.1 Å². The Morgan fingerprint density at radius 3 is 2.39 bits per heavy atom. The fraction of sp³-hybridized carbons (Fsp3) is 0.346. The minimum atomic E-state index is -0.649. The number of hydrogen-bond donors (Lipinski definition) is 2. The van der Waals surface area contributed by atoms with Gasteiger partial charge in [-0.1, -0.05) is 23.3 Å². The van der Waals surface area contributed by atoms with E-state index >= 15 is 0 Å². The normalized spacial score (nSPS) is 15.0. The van der Waals surface area contributed by atoms with Crippen molar-refractivity contribution in [2.24, 2.45) is 0 Å². The molecule has 1 heterocycles. The first-order chi connectivity index (χ1) is 14.7. The van der Waals surface area contributed by atoms with Crippen molar-refractivity contribution in [1.29, 1.82) is 0 Å². The van der Waals surface area contributed by atoms with Gasteiger partial charge in [0.25, 0.3) is 0 Å². The fourth-order valence-corrected chi connectivity index (χ4v) is 3.67. The molecule has 1 aliphatic rings. The fourth-order valence-electron chi connectivity index (χ4n) is 3.67. The van der Waals surface area contributed by atoms with Gasteiger partial charge in [-0.2, -0.15) is 0 Å². The molecule has 2 aromatic carbocycles. The van der Waals surface area contributed by atoms with Gasteiger partial charge in [-0.3, -0.25) is 4.79 Å². The summed E-state index contributed by atoms with van der Waals surface area (Å²) in [5.41, 5.74) is 4.76. The molecule has 164 valence electrons. The number of methoxy groups -OCH3 is 1. The van der Waals surface area contributed by atoms with Crippen molar-refractivity contribution in [3.05, 3.63) is 69.8 Å². The summed E-state index contributed by atoms with van der Waals surface area (Å²) >= 11 is 0. The Morgan fingerprint density at radius 1 is 1.06 bits per heavy atom. The number of benzene rings is 2. The van der Waals surface area contributed by atoms with Gasteiger partial charge in [0.1, 0.15) is 29.1 Å². The largest absolute Gasteiger partial charge is 0.508 e. The zero-order valence-corrected chi connectivity index (χ0v) is 18.8. The predicted octanol–water partition coefficient (Wildman–Crippen LogP) is 5.83. The number of Topliss-reactive ketones (excluding diaryl/α,β-unsaturated/α-hetero) is 1. The molecule has 1 aliphatic heterocycles. The lowest BCUT2D eigenvalue weighted by Gasteiger charge is -2.28. The van der Waals surface area contributed by atoms with Gasteiger partial charge in [-0.15, -0.1) is 0 Å². The Morgan fingerprint density at radius 2 is 1.74 bits per heavy atom. The number of fused-ring (bicyclic) bond motifs is 1. The maximum Gasteiger partial charge on any atom is 0.170 e. The molecule has 0 saturated carbocycles. The van der Waals surface area contributed by atoms with E-state index in [1.165, 1.54) is 11.6 Å². The molecular formula is C26H30O5. The van der Waals surface area contributed by atoms with E-state index in [1.54, 1.807) is 19.2 Å². The van der Waals surface area contributed by atoms with Gasteiger partial charge >= 0.3 is 0 Å². The minimum Gasteiger partial charge on any atom is -0.508 e. The second-order valence-corrected chi connectivity index (χ2v) is 8.37. The summed E-state index contributed by atoms with van der Waals surface area (Å²) in [5.74, 6) is 1.01. The van der Waals surface area contributed by atoms with Gasteiger partial charge in [0.15, 0.2) is 5.78 Å². The second kappa shape index (κ2) is 9.29. The number of phenols is 2. The minimum absolute atomic E-state index is 0.0186. The van der Waals surface area contributed by atoms with E-state index in [4.69, 9.17) is 9.47 Å². The lowest BCUT2D eigenvalue weighted by atomic mass is 9.91. The third kappa shape index (κ3) is 4.93. The first-order valence-corrected chi connectivity index (χ1v) is 10.4. The summed E-state index contributed by atoms with van der Waals surface area (Å²) in [6.45, 7) is 8.00. The smallest absolute Gasteiger partial charge is 0.170 e. The Labute approximate surface area is 183 Å². The van der Waals surface area contributed by atoms with Gasteiger partial charge in [0.2, 0.25) is 0 Å². The number of aromatic hydroxyl groups is 2. The van der Waals surface area contributed by atoms with Crippen molar-refractivity contribution >= 4 is 5.78 Å². The summed E-state index contributed by atoms with van der Waals surface area (Å²) in [4.78, 5) is 12.9. The number of ether oxygens (including phenoxy) is 2. The van der Waals surface area contributed by atoms with E-state index in [0.29, 0.717) is 41.0 Å². The Kier molecular flexibility index (Phi) is 6.74. The number of rotatable bonds is 6. The molecule has 5 heteroatoms. The molecule has 31 heavy (non-hydrogen) atoms. The van der Waals surface area contributed by atoms with Crippen LogP contribution in [0, 0.1) is 0 Å². The molecular weight excluding hydrogens is 392 g/mol. The molecule has 0 amide bonds. The highest BCUT2D eigenvalue weighted by atomic mass is 16.5. The number of allylic oxidation sites excluding steroid dienone is 4. The van der Waals surface area contributed by atoms with E-state index < -0.39 is 6.10 Å². The monoisotopic (exact) mass is 422 g/mol. The van der Waals surface area contributed by atoms with Crippen LogP contribution in [-0.4, -0.2) is 23.1 Å². The molecule has 0 saturated heterocycles. The van der Waals surface area contributed by atoms with E-state index in [9.17, 15) is 15.0 Å². The summed E-state index contributed by atoms with van der Waals surface area (Å²) < 4.78 is 11.7. The third-order valence-corrected chi connectivity index (χ3v) is 5.39. The molecule has 3 rings (SSSR count). The number of phenolic OH excluding ortho intramolecular Hbond substituents is 2. The van der Waals surface area contributed by atoms with Crippen molar-refractivity contribution in [2.75, 3.05) is 7.11 Å². The second-order valence-electron chi connectivity index (χ2n) is 8.37. The summed E-state index contributed by atoms with van der Waals surface area (Å²) in [6.07, 6.45) is 4.62. The Balaban J connectivity index is 2.05. The molecule has 0 fully saturated rings. The van der Waals surface area contributed by atoms with E-state index in [2.05, 4.69) is 6.08 Å². The van der Waals surface area contributed by atoms with Gasteiger partial charge < -0.3 is 19.7 Å².